The zero-order valence-corrected chi connectivity index (χ0v) is 17.4. The zero-order chi connectivity index (χ0) is 22.3. The molecule has 1 amide bonds. The summed E-state index contributed by atoms with van der Waals surface area (Å²) in [5, 5.41) is 15.3. The topological polar surface area (TPSA) is 102 Å². The van der Waals surface area contributed by atoms with Crippen LogP contribution in [-0.2, 0) is 0 Å². The Labute approximate surface area is 182 Å². The number of non-ortho nitro benzene ring substituents is 1. The number of thiazole rings is 1. The van der Waals surface area contributed by atoms with E-state index in [4.69, 9.17) is 0 Å². The summed E-state index contributed by atoms with van der Waals surface area (Å²) < 4.78 is 39.6. The summed E-state index contributed by atoms with van der Waals surface area (Å²) in [6, 6.07) is 8.71. The van der Waals surface area contributed by atoms with Gasteiger partial charge in [0.1, 0.15) is 10.6 Å². The molecule has 0 spiro atoms. The first-order valence-electron chi connectivity index (χ1n) is 8.29. The molecule has 0 aliphatic rings. The fourth-order valence-corrected chi connectivity index (χ4v) is 5.31. The molecule has 3 heterocycles. The van der Waals surface area contributed by atoms with Gasteiger partial charge in [-0.15, -0.1) is 22.7 Å². The number of halogens is 3. The summed E-state index contributed by atoms with van der Waals surface area (Å²) in [6.07, 6.45) is -5.08. The SMILES string of the molecule is O=C(Nc1nc(-c2cccs2)c(C(=O)C(F)(F)F)s1)c1cc2cc([N+](=O)[O-])ccc2s1. The molecule has 4 aromatic rings. The van der Waals surface area contributed by atoms with Gasteiger partial charge in [-0.3, -0.25) is 25.0 Å². The number of carbonyl (C=O) groups is 2. The van der Waals surface area contributed by atoms with Crippen molar-refractivity contribution >= 4 is 66.6 Å². The molecule has 0 aliphatic heterocycles. The number of amides is 1. The van der Waals surface area contributed by atoms with Gasteiger partial charge in [0, 0.05) is 22.2 Å². The number of thiophene rings is 2. The van der Waals surface area contributed by atoms with E-state index in [2.05, 4.69) is 10.3 Å². The van der Waals surface area contributed by atoms with Crippen molar-refractivity contribution < 1.29 is 27.7 Å². The molecule has 1 aromatic carbocycles. The highest BCUT2D eigenvalue weighted by molar-refractivity contribution is 7.21. The minimum atomic E-state index is -5.08. The molecule has 0 bridgehead atoms. The van der Waals surface area contributed by atoms with Crippen LogP contribution < -0.4 is 5.32 Å². The number of fused-ring (bicyclic) bond motifs is 1. The monoisotopic (exact) mass is 483 g/mol. The van der Waals surface area contributed by atoms with E-state index in [9.17, 15) is 32.9 Å². The summed E-state index contributed by atoms with van der Waals surface area (Å²) in [6.45, 7) is 0. The average Bonchev–Trinajstić information content (AvgIpc) is 3.44. The molecular formula is C18H8F3N3O4S3. The summed E-state index contributed by atoms with van der Waals surface area (Å²) in [5.74, 6) is -2.69. The lowest BCUT2D eigenvalue weighted by Gasteiger charge is -2.03. The number of nitrogens with one attached hydrogen (secondary N) is 1. The molecule has 0 atom stereocenters. The minimum Gasteiger partial charge on any atom is -0.297 e. The fraction of sp³-hybridized carbons (Fsp3) is 0.0556. The van der Waals surface area contributed by atoms with E-state index in [0.717, 1.165) is 22.7 Å². The molecule has 7 nitrogen and oxygen atoms in total. The number of hydrogen-bond acceptors (Lipinski definition) is 8. The maximum atomic E-state index is 13.0. The predicted molar refractivity (Wildman–Crippen MR) is 112 cm³/mol. The number of ketones is 1. The van der Waals surface area contributed by atoms with Gasteiger partial charge in [-0.05, 0) is 23.6 Å². The number of aromatic nitrogens is 1. The summed E-state index contributed by atoms with van der Waals surface area (Å²) in [5.41, 5.74) is -0.280. The fourth-order valence-electron chi connectivity index (χ4n) is 2.65. The van der Waals surface area contributed by atoms with Gasteiger partial charge in [0.25, 0.3) is 17.4 Å². The molecule has 13 heteroatoms. The Kier molecular flexibility index (Phi) is 5.33. The quantitative estimate of drug-likeness (QED) is 0.213. The van der Waals surface area contributed by atoms with Crippen molar-refractivity contribution in [3.05, 3.63) is 61.6 Å². The van der Waals surface area contributed by atoms with Gasteiger partial charge in [0.15, 0.2) is 5.13 Å². The van der Waals surface area contributed by atoms with Gasteiger partial charge >= 0.3 is 6.18 Å². The van der Waals surface area contributed by atoms with Crippen LogP contribution in [0.25, 0.3) is 20.7 Å². The molecule has 3 aromatic heterocycles. The molecule has 0 unspecified atom stereocenters. The number of rotatable bonds is 5. The van der Waals surface area contributed by atoms with Crippen LogP contribution in [0.1, 0.15) is 19.3 Å². The van der Waals surface area contributed by atoms with Crippen molar-refractivity contribution in [2.24, 2.45) is 0 Å². The van der Waals surface area contributed by atoms with Crippen LogP contribution in [0.5, 0.6) is 0 Å². The normalized spacial score (nSPS) is 11.6. The van der Waals surface area contributed by atoms with Crippen LogP contribution in [0.15, 0.2) is 41.8 Å². The molecular weight excluding hydrogens is 475 g/mol. The number of hydrogen-bond donors (Lipinski definition) is 1. The summed E-state index contributed by atoms with van der Waals surface area (Å²) >= 11 is 2.61. The lowest BCUT2D eigenvalue weighted by molar-refractivity contribution is -0.384. The maximum absolute atomic E-state index is 13.0. The molecule has 158 valence electrons. The Hall–Kier alpha value is -3.16. The molecule has 4 rings (SSSR count). The third kappa shape index (κ3) is 4.19. The highest BCUT2D eigenvalue weighted by Crippen LogP contribution is 2.38. The highest BCUT2D eigenvalue weighted by Gasteiger charge is 2.42. The smallest absolute Gasteiger partial charge is 0.297 e. The van der Waals surface area contributed by atoms with Crippen LogP contribution in [-0.4, -0.2) is 27.8 Å². The number of anilines is 1. The van der Waals surface area contributed by atoms with Gasteiger partial charge < -0.3 is 0 Å². The first kappa shape index (κ1) is 21.1. The van der Waals surface area contributed by atoms with Crippen LogP contribution in [0.2, 0.25) is 0 Å². The van der Waals surface area contributed by atoms with Crippen molar-refractivity contribution in [2.45, 2.75) is 6.18 Å². The number of nitrogens with zero attached hydrogens (tertiary/aromatic N) is 2. The van der Waals surface area contributed by atoms with Crippen molar-refractivity contribution in [1.82, 2.24) is 4.98 Å². The highest BCUT2D eigenvalue weighted by atomic mass is 32.1. The summed E-state index contributed by atoms with van der Waals surface area (Å²) in [4.78, 5) is 38.8. The second kappa shape index (κ2) is 7.83. The zero-order valence-electron chi connectivity index (χ0n) is 14.9. The molecule has 0 saturated carbocycles. The molecule has 0 fully saturated rings. The lowest BCUT2D eigenvalue weighted by Crippen LogP contribution is -2.22. The lowest BCUT2D eigenvalue weighted by atomic mass is 10.2. The third-order valence-corrected chi connectivity index (χ3v) is 6.96. The van der Waals surface area contributed by atoms with Gasteiger partial charge in [-0.1, -0.05) is 17.4 Å². The second-order valence-electron chi connectivity index (χ2n) is 6.04. The Morgan fingerprint density at radius 3 is 2.55 bits per heavy atom. The summed E-state index contributed by atoms with van der Waals surface area (Å²) in [7, 11) is 0. The Morgan fingerprint density at radius 2 is 1.90 bits per heavy atom. The number of benzene rings is 1. The molecule has 31 heavy (non-hydrogen) atoms. The number of nitro benzene ring substituents is 1. The van der Waals surface area contributed by atoms with Gasteiger partial charge in [0.2, 0.25) is 0 Å². The molecule has 0 aliphatic carbocycles. The van der Waals surface area contributed by atoms with E-state index in [1.165, 1.54) is 30.3 Å². The van der Waals surface area contributed by atoms with E-state index < -0.39 is 27.7 Å². The molecule has 0 saturated heterocycles. The first-order valence-corrected chi connectivity index (χ1v) is 10.8. The standard InChI is InChI=1S/C18H8F3N3O4S3/c19-18(20,21)15(25)14-13(11-2-1-5-29-11)22-17(31-14)23-16(26)12-7-8-6-9(24(27)28)3-4-10(8)30-12/h1-7H,(H,22,23,26). The van der Waals surface area contributed by atoms with Gasteiger partial charge in [-0.25, -0.2) is 4.98 Å². The number of nitro groups is 1. The van der Waals surface area contributed by atoms with E-state index in [1.807, 2.05) is 0 Å². The predicted octanol–water partition coefficient (Wildman–Crippen LogP) is 5.99. The second-order valence-corrected chi connectivity index (χ2v) is 9.08. The third-order valence-electron chi connectivity index (χ3n) is 4.00. The first-order chi connectivity index (χ1) is 14.6. The van der Waals surface area contributed by atoms with E-state index in [1.54, 1.807) is 11.4 Å². The maximum Gasteiger partial charge on any atom is 0.455 e. The van der Waals surface area contributed by atoms with Crippen molar-refractivity contribution in [3.63, 3.8) is 0 Å². The van der Waals surface area contributed by atoms with Crippen molar-refractivity contribution in [1.29, 1.82) is 0 Å². The van der Waals surface area contributed by atoms with Crippen molar-refractivity contribution in [3.8, 4) is 10.6 Å². The minimum absolute atomic E-state index is 0.131. The Morgan fingerprint density at radius 1 is 1.13 bits per heavy atom. The van der Waals surface area contributed by atoms with E-state index in [-0.39, 0.29) is 21.4 Å². The molecule has 0 radical (unpaired) electrons. The Balaban J connectivity index is 1.66. The van der Waals surface area contributed by atoms with E-state index in [0.29, 0.717) is 26.3 Å². The van der Waals surface area contributed by atoms with Gasteiger partial charge in [-0.2, -0.15) is 13.2 Å². The van der Waals surface area contributed by atoms with Crippen LogP contribution in [0.4, 0.5) is 24.0 Å². The number of alkyl halides is 3. The molecule has 1 N–H and O–H groups in total. The van der Waals surface area contributed by atoms with Crippen LogP contribution in [0, 0.1) is 10.1 Å². The number of carbonyl (C=O) groups excluding carboxylic acids is 2. The van der Waals surface area contributed by atoms with E-state index >= 15 is 0 Å². The van der Waals surface area contributed by atoms with Crippen molar-refractivity contribution in [2.75, 3.05) is 5.32 Å². The Bertz CT molecular complexity index is 1330. The van der Waals surface area contributed by atoms with Gasteiger partial charge in [0.05, 0.1) is 14.7 Å². The average molecular weight is 483 g/mol. The number of Topliss-reactive ketones (excluding diaryl/α,β-unsaturated/α-hetero) is 1. The largest absolute Gasteiger partial charge is 0.455 e. The van der Waals surface area contributed by atoms with Crippen LogP contribution in [0.3, 0.4) is 0 Å². The van der Waals surface area contributed by atoms with Crippen LogP contribution >= 0.6 is 34.0 Å².